The predicted molar refractivity (Wildman–Crippen MR) is 69.2 cm³/mol. The number of hydrogen-bond acceptors (Lipinski definition) is 4. The van der Waals surface area contributed by atoms with Crippen LogP contribution < -0.4 is 10.6 Å². The molecule has 1 spiro atoms. The van der Waals surface area contributed by atoms with E-state index in [1.807, 2.05) is 0 Å². The summed E-state index contributed by atoms with van der Waals surface area (Å²) < 4.78 is 38.9. The lowest BCUT2D eigenvalue weighted by atomic mass is 10.00. The van der Waals surface area contributed by atoms with Crippen molar-refractivity contribution in [3.8, 4) is 0 Å². The number of amides is 3. The maximum Gasteiger partial charge on any atom is 0.322 e. The molecule has 2 aliphatic heterocycles. The third-order valence-corrected chi connectivity index (χ3v) is 5.56. The third kappa shape index (κ3) is 2.18. The van der Waals surface area contributed by atoms with Crippen molar-refractivity contribution in [2.75, 3.05) is 13.1 Å². The molecule has 9 heteroatoms. The minimum Gasteiger partial charge on any atom is -0.322 e. The summed E-state index contributed by atoms with van der Waals surface area (Å²) in [6.07, 6.45) is 0.199. The van der Waals surface area contributed by atoms with Gasteiger partial charge >= 0.3 is 6.03 Å². The van der Waals surface area contributed by atoms with Crippen LogP contribution in [0.4, 0.5) is 9.18 Å². The topological polar surface area (TPSA) is 95.6 Å². The van der Waals surface area contributed by atoms with Crippen LogP contribution in [0.3, 0.4) is 0 Å². The summed E-state index contributed by atoms with van der Waals surface area (Å²) in [5.41, 5.74) is -1.20. The molecular formula is C12H12FN3O4S. The number of nitrogens with zero attached hydrogens (tertiary/aromatic N) is 1. The first kappa shape index (κ1) is 14.0. The molecule has 1 unspecified atom stereocenters. The van der Waals surface area contributed by atoms with E-state index in [9.17, 15) is 22.4 Å². The molecule has 1 aromatic carbocycles. The first-order valence-corrected chi connectivity index (χ1v) is 7.67. The third-order valence-electron chi connectivity index (χ3n) is 3.70. The molecule has 1 aromatic rings. The molecule has 0 saturated carbocycles. The van der Waals surface area contributed by atoms with Crippen LogP contribution in [-0.4, -0.2) is 43.3 Å². The van der Waals surface area contributed by atoms with Crippen LogP contribution in [0.1, 0.15) is 6.42 Å². The molecule has 2 heterocycles. The smallest absolute Gasteiger partial charge is 0.322 e. The summed E-state index contributed by atoms with van der Waals surface area (Å²) in [5, 5.41) is 4.58. The second kappa shape index (κ2) is 4.50. The maximum absolute atomic E-state index is 12.9. The van der Waals surface area contributed by atoms with Gasteiger partial charge in [-0.05, 0) is 30.7 Å². The van der Waals surface area contributed by atoms with Crippen LogP contribution in [0.15, 0.2) is 29.2 Å². The molecule has 0 aromatic heterocycles. The zero-order valence-electron chi connectivity index (χ0n) is 10.8. The minimum atomic E-state index is -3.82. The molecule has 0 bridgehead atoms. The van der Waals surface area contributed by atoms with Gasteiger partial charge < -0.3 is 5.32 Å². The predicted octanol–water partition coefficient (Wildman–Crippen LogP) is -0.202. The lowest BCUT2D eigenvalue weighted by Gasteiger charge is -2.20. The molecule has 2 fully saturated rings. The second-order valence-electron chi connectivity index (χ2n) is 5.03. The van der Waals surface area contributed by atoms with Crippen molar-refractivity contribution in [3.05, 3.63) is 30.1 Å². The van der Waals surface area contributed by atoms with E-state index in [-0.39, 0.29) is 24.4 Å². The number of rotatable bonds is 2. The summed E-state index contributed by atoms with van der Waals surface area (Å²) >= 11 is 0. The zero-order valence-corrected chi connectivity index (χ0v) is 11.6. The maximum atomic E-state index is 12.9. The van der Waals surface area contributed by atoms with E-state index in [1.54, 1.807) is 0 Å². The number of benzene rings is 1. The number of hydrogen-bond donors (Lipinski definition) is 2. The van der Waals surface area contributed by atoms with Gasteiger partial charge in [0.25, 0.3) is 5.91 Å². The highest BCUT2D eigenvalue weighted by Gasteiger charge is 2.53. The highest BCUT2D eigenvalue weighted by atomic mass is 32.2. The summed E-state index contributed by atoms with van der Waals surface area (Å²) in [6.45, 7) is -0.0301. The Morgan fingerprint density at radius 1 is 1.19 bits per heavy atom. The van der Waals surface area contributed by atoms with Gasteiger partial charge in [0, 0.05) is 13.1 Å². The summed E-state index contributed by atoms with van der Waals surface area (Å²) in [6, 6.07) is 3.83. The van der Waals surface area contributed by atoms with Crippen molar-refractivity contribution < 1.29 is 22.4 Å². The van der Waals surface area contributed by atoms with Crippen molar-refractivity contribution in [1.29, 1.82) is 0 Å². The lowest BCUT2D eigenvalue weighted by molar-refractivity contribution is -0.123. The van der Waals surface area contributed by atoms with E-state index >= 15 is 0 Å². The van der Waals surface area contributed by atoms with Gasteiger partial charge in [-0.2, -0.15) is 4.31 Å². The van der Waals surface area contributed by atoms with Crippen molar-refractivity contribution >= 4 is 22.0 Å². The first-order valence-electron chi connectivity index (χ1n) is 6.23. The van der Waals surface area contributed by atoms with Crippen LogP contribution in [-0.2, 0) is 14.8 Å². The Balaban J connectivity index is 1.87. The molecule has 2 aliphatic rings. The minimum absolute atomic E-state index is 0.0503. The van der Waals surface area contributed by atoms with Crippen LogP contribution in [0.25, 0.3) is 0 Å². The molecule has 2 N–H and O–H groups in total. The van der Waals surface area contributed by atoms with Gasteiger partial charge in [0.15, 0.2) is 0 Å². The van der Waals surface area contributed by atoms with E-state index in [0.717, 1.165) is 16.4 Å². The fourth-order valence-electron chi connectivity index (χ4n) is 2.55. The summed E-state index contributed by atoms with van der Waals surface area (Å²) in [4.78, 5) is 23.0. The molecule has 112 valence electrons. The highest BCUT2D eigenvalue weighted by Crippen LogP contribution is 2.29. The molecule has 0 radical (unpaired) electrons. The monoisotopic (exact) mass is 313 g/mol. The van der Waals surface area contributed by atoms with Gasteiger partial charge in [0.2, 0.25) is 10.0 Å². The molecule has 3 amide bonds. The van der Waals surface area contributed by atoms with Gasteiger partial charge in [0.1, 0.15) is 11.4 Å². The van der Waals surface area contributed by atoms with Crippen molar-refractivity contribution in [3.63, 3.8) is 0 Å². The Kier molecular flexibility index (Phi) is 2.99. The van der Waals surface area contributed by atoms with Crippen LogP contribution in [0.2, 0.25) is 0 Å². The highest BCUT2D eigenvalue weighted by molar-refractivity contribution is 7.89. The average Bonchev–Trinajstić information content (AvgIpc) is 2.96. The number of sulfonamides is 1. The second-order valence-corrected chi connectivity index (χ2v) is 6.97. The van der Waals surface area contributed by atoms with Crippen molar-refractivity contribution in [2.24, 2.45) is 0 Å². The van der Waals surface area contributed by atoms with Gasteiger partial charge in [-0.1, -0.05) is 0 Å². The van der Waals surface area contributed by atoms with E-state index in [1.165, 1.54) is 12.1 Å². The largest absolute Gasteiger partial charge is 0.322 e. The molecule has 21 heavy (non-hydrogen) atoms. The van der Waals surface area contributed by atoms with E-state index in [0.29, 0.717) is 0 Å². The SMILES string of the molecule is O=C1NC(=O)C2(CCN(S(=O)(=O)c3ccc(F)cc3)C2)N1. The van der Waals surface area contributed by atoms with Gasteiger partial charge in [0.05, 0.1) is 4.90 Å². The molecule has 1 atom stereocenters. The molecule has 7 nitrogen and oxygen atoms in total. The van der Waals surface area contributed by atoms with Crippen molar-refractivity contribution in [2.45, 2.75) is 16.9 Å². The summed E-state index contributed by atoms with van der Waals surface area (Å²) in [7, 11) is -3.82. The van der Waals surface area contributed by atoms with E-state index in [4.69, 9.17) is 0 Å². The number of urea groups is 1. The quantitative estimate of drug-likeness (QED) is 0.739. The molecule has 0 aliphatic carbocycles. The number of carbonyl (C=O) groups excluding carboxylic acids is 2. The number of carbonyl (C=O) groups is 2. The molecule has 3 rings (SSSR count). The van der Waals surface area contributed by atoms with Gasteiger partial charge in [-0.3, -0.25) is 10.1 Å². The number of imide groups is 1. The average molecular weight is 313 g/mol. The van der Waals surface area contributed by atoms with Crippen LogP contribution in [0, 0.1) is 5.82 Å². The van der Waals surface area contributed by atoms with Crippen LogP contribution >= 0.6 is 0 Å². The van der Waals surface area contributed by atoms with Crippen molar-refractivity contribution in [1.82, 2.24) is 14.9 Å². The first-order chi connectivity index (χ1) is 9.83. The molecule has 2 saturated heterocycles. The Bertz CT molecular complexity index is 719. The Labute approximate surface area is 120 Å². The fourth-order valence-corrected chi connectivity index (χ4v) is 4.05. The molecular weight excluding hydrogens is 301 g/mol. The Hall–Kier alpha value is -2.00. The zero-order chi connectivity index (χ0) is 15.3. The fraction of sp³-hybridized carbons (Fsp3) is 0.333. The summed E-state index contributed by atoms with van der Waals surface area (Å²) in [5.74, 6) is -1.06. The van der Waals surface area contributed by atoms with E-state index in [2.05, 4.69) is 10.6 Å². The Morgan fingerprint density at radius 2 is 1.86 bits per heavy atom. The van der Waals surface area contributed by atoms with Gasteiger partial charge in [-0.25, -0.2) is 17.6 Å². The normalized spacial score (nSPS) is 26.1. The standard InChI is InChI=1S/C12H12FN3O4S/c13-8-1-3-9(4-2-8)21(19,20)16-6-5-12(7-16)10(17)14-11(18)15-12/h1-4H,5-7H2,(H2,14,15,17,18). The number of nitrogens with one attached hydrogen (secondary N) is 2. The Morgan fingerprint density at radius 3 is 2.43 bits per heavy atom. The lowest BCUT2D eigenvalue weighted by Crippen LogP contribution is -2.49. The number of halogens is 1. The van der Waals surface area contributed by atoms with Crippen LogP contribution in [0.5, 0.6) is 0 Å². The van der Waals surface area contributed by atoms with Gasteiger partial charge in [-0.15, -0.1) is 0 Å². The van der Waals surface area contributed by atoms with E-state index < -0.39 is 33.3 Å².